The maximum Gasteiger partial charge on any atom is 0.249 e. The van der Waals surface area contributed by atoms with Crippen molar-refractivity contribution in [1.82, 2.24) is 19.9 Å². The van der Waals surface area contributed by atoms with Crippen LogP contribution in [0.4, 0.5) is 5.82 Å². The molecule has 0 radical (unpaired) electrons. The number of rotatable bonds is 5. The first kappa shape index (κ1) is 16.1. The Bertz CT molecular complexity index is 1080. The molecule has 0 atom stereocenters. The van der Waals surface area contributed by atoms with Gasteiger partial charge in [-0.05, 0) is 13.0 Å². The van der Waals surface area contributed by atoms with Crippen LogP contribution in [0.5, 0.6) is 0 Å². The molecule has 1 aromatic carbocycles. The van der Waals surface area contributed by atoms with Crippen molar-refractivity contribution >= 4 is 22.6 Å². The van der Waals surface area contributed by atoms with E-state index in [0.29, 0.717) is 29.8 Å². The number of carbonyl (C=O) groups is 1. The van der Waals surface area contributed by atoms with E-state index in [4.69, 9.17) is 8.94 Å². The van der Waals surface area contributed by atoms with Gasteiger partial charge in [0.2, 0.25) is 17.7 Å². The van der Waals surface area contributed by atoms with Crippen molar-refractivity contribution in [2.75, 3.05) is 5.32 Å². The van der Waals surface area contributed by atoms with E-state index in [9.17, 15) is 4.79 Å². The van der Waals surface area contributed by atoms with Crippen LogP contribution in [-0.2, 0) is 17.8 Å². The second kappa shape index (κ2) is 6.47. The lowest BCUT2D eigenvalue weighted by Gasteiger charge is -2.04. The van der Waals surface area contributed by atoms with Crippen molar-refractivity contribution in [2.24, 2.45) is 0 Å². The van der Waals surface area contributed by atoms with Gasteiger partial charge in [0.15, 0.2) is 5.82 Å². The van der Waals surface area contributed by atoms with Gasteiger partial charge in [-0.2, -0.15) is 0 Å². The number of amides is 1. The summed E-state index contributed by atoms with van der Waals surface area (Å²) >= 11 is 0. The number of aromatic nitrogens is 4. The van der Waals surface area contributed by atoms with Gasteiger partial charge in [0.1, 0.15) is 12.3 Å². The highest BCUT2D eigenvalue weighted by Gasteiger charge is 2.17. The summed E-state index contributed by atoms with van der Waals surface area (Å²) in [6.07, 6.45) is 2.52. The summed E-state index contributed by atoms with van der Waals surface area (Å²) in [4.78, 5) is 12.4. The summed E-state index contributed by atoms with van der Waals surface area (Å²) in [5, 5.41) is 15.6. The van der Waals surface area contributed by atoms with Crippen LogP contribution in [-0.4, -0.2) is 25.8 Å². The smallest absolute Gasteiger partial charge is 0.249 e. The zero-order valence-corrected chi connectivity index (χ0v) is 14.4. The van der Waals surface area contributed by atoms with Crippen molar-refractivity contribution in [1.29, 1.82) is 0 Å². The summed E-state index contributed by atoms with van der Waals surface area (Å²) in [5.41, 5.74) is 1.71. The van der Waals surface area contributed by atoms with Crippen LogP contribution in [0, 0.1) is 6.92 Å². The fourth-order valence-corrected chi connectivity index (χ4v) is 2.82. The Morgan fingerprint density at radius 2 is 2.12 bits per heavy atom. The van der Waals surface area contributed by atoms with E-state index in [1.165, 1.54) is 0 Å². The van der Waals surface area contributed by atoms with E-state index >= 15 is 0 Å². The van der Waals surface area contributed by atoms with Gasteiger partial charge in [-0.15, -0.1) is 10.2 Å². The van der Waals surface area contributed by atoms with Crippen molar-refractivity contribution in [3.63, 3.8) is 0 Å². The summed E-state index contributed by atoms with van der Waals surface area (Å²) in [7, 11) is 0. The fourth-order valence-electron chi connectivity index (χ4n) is 2.82. The minimum absolute atomic E-state index is 0.126. The van der Waals surface area contributed by atoms with E-state index in [1.807, 2.05) is 42.0 Å². The number of para-hydroxylation sites is 1. The molecule has 0 unspecified atom stereocenters. The molecule has 8 nitrogen and oxygen atoms in total. The number of nitrogens with one attached hydrogen (secondary N) is 1. The number of nitrogens with zero attached hydrogens (tertiary/aromatic N) is 4. The van der Waals surface area contributed by atoms with Crippen LogP contribution >= 0.6 is 0 Å². The summed E-state index contributed by atoms with van der Waals surface area (Å²) < 4.78 is 12.5. The Morgan fingerprint density at radius 3 is 2.85 bits per heavy atom. The maximum atomic E-state index is 12.4. The Morgan fingerprint density at radius 1 is 1.27 bits per heavy atom. The average molecular weight is 351 g/mol. The van der Waals surface area contributed by atoms with E-state index in [2.05, 4.69) is 20.7 Å². The number of fused-ring (bicyclic) bond motifs is 1. The Balaban J connectivity index is 1.66. The number of hydrogen-bond donors (Lipinski definition) is 1. The first-order chi connectivity index (χ1) is 12.6. The first-order valence-corrected chi connectivity index (χ1v) is 8.28. The molecule has 4 aromatic rings. The lowest BCUT2D eigenvalue weighted by molar-refractivity contribution is -0.116. The van der Waals surface area contributed by atoms with Crippen molar-refractivity contribution < 1.29 is 13.7 Å². The topological polar surface area (TPSA) is 99.0 Å². The van der Waals surface area contributed by atoms with E-state index in [0.717, 1.165) is 16.5 Å². The predicted octanol–water partition coefficient (Wildman–Crippen LogP) is 3.19. The summed E-state index contributed by atoms with van der Waals surface area (Å²) in [5.74, 6) is 1.86. The monoisotopic (exact) mass is 351 g/mol. The molecule has 8 heteroatoms. The molecule has 0 saturated heterocycles. The molecular weight excluding hydrogens is 334 g/mol. The summed E-state index contributed by atoms with van der Waals surface area (Å²) in [6, 6.07) is 9.44. The highest BCUT2D eigenvalue weighted by molar-refractivity contribution is 5.96. The van der Waals surface area contributed by atoms with Gasteiger partial charge in [-0.3, -0.25) is 4.79 Å². The fraction of sp³-hybridized carbons (Fsp3) is 0.222. The molecule has 1 N–H and O–H groups in total. The van der Waals surface area contributed by atoms with E-state index in [1.54, 1.807) is 13.0 Å². The zero-order valence-electron chi connectivity index (χ0n) is 14.4. The standard InChI is InChI=1S/C18H17N5O3/c1-3-17-20-21-18(25-17)13-9-23(14-7-5-4-6-12(13)14)10-16(24)19-15-8-11(2)26-22-15/h4-9H,3,10H2,1-2H3,(H,19,22,24). The molecule has 1 amide bonds. The molecular formula is C18H17N5O3. The molecule has 0 spiro atoms. The van der Waals surface area contributed by atoms with Gasteiger partial charge in [-0.25, -0.2) is 0 Å². The third kappa shape index (κ3) is 2.97. The lowest BCUT2D eigenvalue weighted by Crippen LogP contribution is -2.18. The van der Waals surface area contributed by atoms with Crippen LogP contribution in [0.3, 0.4) is 0 Å². The third-order valence-corrected chi connectivity index (χ3v) is 4.00. The minimum atomic E-state index is -0.203. The maximum absolute atomic E-state index is 12.4. The zero-order chi connectivity index (χ0) is 18.1. The predicted molar refractivity (Wildman–Crippen MR) is 94.5 cm³/mol. The minimum Gasteiger partial charge on any atom is -0.421 e. The van der Waals surface area contributed by atoms with Crippen molar-refractivity contribution in [3.8, 4) is 11.5 Å². The van der Waals surface area contributed by atoms with Crippen molar-refractivity contribution in [3.05, 3.63) is 48.2 Å². The third-order valence-electron chi connectivity index (χ3n) is 4.00. The van der Waals surface area contributed by atoms with Gasteiger partial charge in [0.25, 0.3) is 0 Å². The molecule has 4 rings (SSSR count). The van der Waals surface area contributed by atoms with Gasteiger partial charge in [-0.1, -0.05) is 30.3 Å². The molecule has 0 saturated carbocycles. The van der Waals surface area contributed by atoms with Crippen LogP contribution in [0.2, 0.25) is 0 Å². The normalized spacial score (nSPS) is 11.2. The summed E-state index contributed by atoms with van der Waals surface area (Å²) in [6.45, 7) is 3.85. The number of hydrogen-bond acceptors (Lipinski definition) is 6. The van der Waals surface area contributed by atoms with Gasteiger partial charge >= 0.3 is 0 Å². The van der Waals surface area contributed by atoms with Crippen LogP contribution in [0.25, 0.3) is 22.4 Å². The van der Waals surface area contributed by atoms with E-state index in [-0.39, 0.29) is 12.5 Å². The molecule has 3 aromatic heterocycles. The molecule has 132 valence electrons. The Hall–Kier alpha value is -3.42. The van der Waals surface area contributed by atoms with Crippen LogP contribution in [0.1, 0.15) is 18.6 Å². The lowest BCUT2D eigenvalue weighted by atomic mass is 10.2. The largest absolute Gasteiger partial charge is 0.421 e. The molecule has 0 aliphatic rings. The quantitative estimate of drug-likeness (QED) is 0.593. The van der Waals surface area contributed by atoms with Crippen LogP contribution < -0.4 is 5.32 Å². The molecule has 3 heterocycles. The number of anilines is 1. The van der Waals surface area contributed by atoms with Gasteiger partial charge in [0, 0.05) is 29.6 Å². The van der Waals surface area contributed by atoms with E-state index < -0.39 is 0 Å². The highest BCUT2D eigenvalue weighted by atomic mass is 16.5. The van der Waals surface area contributed by atoms with Gasteiger partial charge < -0.3 is 18.8 Å². The molecule has 0 fully saturated rings. The van der Waals surface area contributed by atoms with Crippen molar-refractivity contribution in [2.45, 2.75) is 26.8 Å². The molecule has 0 aliphatic heterocycles. The second-order valence-electron chi connectivity index (χ2n) is 5.91. The Kier molecular flexibility index (Phi) is 4.00. The SMILES string of the molecule is CCc1nnc(-c2cn(CC(=O)Nc3cc(C)on3)c3ccccc23)o1. The number of carbonyl (C=O) groups excluding carboxylic acids is 1. The van der Waals surface area contributed by atoms with Crippen LogP contribution in [0.15, 0.2) is 45.5 Å². The Labute approximate surface area is 148 Å². The second-order valence-corrected chi connectivity index (χ2v) is 5.91. The number of aryl methyl sites for hydroxylation is 2. The first-order valence-electron chi connectivity index (χ1n) is 8.28. The highest BCUT2D eigenvalue weighted by Crippen LogP contribution is 2.30. The average Bonchev–Trinajstić information content (AvgIpc) is 3.34. The molecule has 0 bridgehead atoms. The molecule has 0 aliphatic carbocycles. The number of benzene rings is 1. The molecule has 26 heavy (non-hydrogen) atoms. The van der Waals surface area contributed by atoms with Gasteiger partial charge in [0.05, 0.1) is 5.56 Å².